The number of esters is 2. The number of fused-ring (bicyclic) bond motifs is 6. The normalized spacial score (nSPS) is 11.5. The number of unbranched alkanes of at least 4 members (excludes halogenated alkanes) is 9. The van der Waals surface area contributed by atoms with E-state index < -0.39 is 11.9 Å². The molecular weight excluding hydrogens is 673 g/mol. The van der Waals surface area contributed by atoms with Crippen molar-refractivity contribution in [1.82, 2.24) is 0 Å². The van der Waals surface area contributed by atoms with Crippen LogP contribution in [0.25, 0.3) is 33.4 Å². The summed E-state index contributed by atoms with van der Waals surface area (Å²) in [7, 11) is 0. The molecule has 54 heavy (non-hydrogen) atoms. The van der Waals surface area contributed by atoms with Gasteiger partial charge in [-0.1, -0.05) is 124 Å². The number of hydrogen-bond donors (Lipinski definition) is 0. The van der Waals surface area contributed by atoms with Gasteiger partial charge in [0, 0.05) is 22.3 Å². The number of carbonyl (C=O) groups is 2. The molecule has 0 radical (unpaired) electrons. The Morgan fingerprint density at radius 2 is 0.722 bits per heavy atom. The van der Waals surface area contributed by atoms with Crippen molar-refractivity contribution in [3.8, 4) is 46.5 Å². The topological polar surface area (TPSA) is 148 Å². The van der Waals surface area contributed by atoms with Gasteiger partial charge in [0.1, 0.15) is 35.4 Å². The fourth-order valence-electron chi connectivity index (χ4n) is 7.49. The molecule has 0 fully saturated rings. The Bertz CT molecular complexity index is 2140. The molecule has 0 bridgehead atoms. The minimum Gasteiger partial charge on any atom is -0.462 e. The van der Waals surface area contributed by atoms with Crippen LogP contribution in [-0.2, 0) is 9.47 Å². The van der Waals surface area contributed by atoms with E-state index in [1.54, 1.807) is 24.3 Å². The van der Waals surface area contributed by atoms with Gasteiger partial charge in [0.05, 0.1) is 24.3 Å². The van der Waals surface area contributed by atoms with Gasteiger partial charge in [0.15, 0.2) is 0 Å². The van der Waals surface area contributed by atoms with Gasteiger partial charge >= 0.3 is 11.9 Å². The smallest absolute Gasteiger partial charge is 0.338 e. The van der Waals surface area contributed by atoms with E-state index in [2.05, 4.69) is 0 Å². The van der Waals surface area contributed by atoms with E-state index in [9.17, 15) is 30.6 Å². The Labute approximate surface area is 315 Å². The summed E-state index contributed by atoms with van der Waals surface area (Å²) in [6.07, 6.45) is 10.2. The quantitative estimate of drug-likeness (QED) is 0.0581. The van der Waals surface area contributed by atoms with Gasteiger partial charge in [-0.3, -0.25) is 0 Å². The van der Waals surface area contributed by atoms with Crippen LogP contribution in [0.15, 0.2) is 96.1 Å². The Morgan fingerprint density at radius 1 is 0.407 bits per heavy atom. The highest BCUT2D eigenvalue weighted by Gasteiger charge is 2.32. The first kappa shape index (κ1) is 37.0. The summed E-state index contributed by atoms with van der Waals surface area (Å²) in [6.45, 7) is 0.668. The second-order valence-corrected chi connectivity index (χ2v) is 13.3. The molecule has 0 aliphatic heterocycles. The average Bonchev–Trinajstić information content (AvgIpc) is 3.72. The van der Waals surface area contributed by atoms with E-state index >= 15 is 0 Å². The third-order valence-corrected chi connectivity index (χ3v) is 9.99. The maximum absolute atomic E-state index is 13.1. The lowest BCUT2D eigenvalue weighted by atomic mass is 9.97. The number of hydrogen-bond acceptors (Lipinski definition) is 8. The number of allylic oxidation sites excluding steroid dienone is 2. The molecule has 0 aromatic heterocycles. The lowest BCUT2D eigenvalue weighted by Gasteiger charge is -2.10. The highest BCUT2D eigenvalue weighted by atomic mass is 16.5. The molecule has 0 saturated carbocycles. The highest BCUT2D eigenvalue weighted by Crippen LogP contribution is 2.48. The summed E-state index contributed by atoms with van der Waals surface area (Å²) in [5, 5.41) is 38.3. The molecule has 0 spiro atoms. The van der Waals surface area contributed by atoms with E-state index in [-0.39, 0.29) is 11.1 Å². The SMILES string of the molecule is N#CC(C#N)=C1c2ccccc2-c2c(C(=O)OCCCCCCCCCCCCOC(=O)c3cccc4c3-c3ccccc3C4=C(C#N)C#N)cccc21. The summed E-state index contributed by atoms with van der Waals surface area (Å²) in [4.78, 5) is 26.3. The summed E-state index contributed by atoms with van der Waals surface area (Å²) >= 11 is 0. The van der Waals surface area contributed by atoms with Crippen LogP contribution in [0.3, 0.4) is 0 Å². The minimum absolute atomic E-state index is 0.0216. The Balaban J connectivity index is 0.862. The van der Waals surface area contributed by atoms with Crippen molar-refractivity contribution in [2.45, 2.75) is 64.2 Å². The van der Waals surface area contributed by atoms with Crippen molar-refractivity contribution in [2.75, 3.05) is 13.2 Å². The molecule has 0 atom stereocenters. The third kappa shape index (κ3) is 7.56. The maximum Gasteiger partial charge on any atom is 0.338 e. The molecule has 266 valence electrons. The highest BCUT2D eigenvalue weighted by molar-refractivity contribution is 6.11. The molecule has 8 nitrogen and oxygen atoms in total. The van der Waals surface area contributed by atoms with Crippen molar-refractivity contribution < 1.29 is 19.1 Å². The first-order valence-corrected chi connectivity index (χ1v) is 18.4. The van der Waals surface area contributed by atoms with Crippen molar-refractivity contribution in [3.05, 3.63) is 129 Å². The molecule has 0 N–H and O–H groups in total. The number of carbonyl (C=O) groups excluding carboxylic acids is 2. The number of ether oxygens (including phenoxy) is 2. The van der Waals surface area contributed by atoms with Gasteiger partial charge in [-0.05, 0) is 58.4 Å². The molecule has 4 aromatic rings. The monoisotopic (exact) mass is 710 g/mol. The molecular formula is C46H38N4O4. The summed E-state index contributed by atoms with van der Waals surface area (Å²) in [5.74, 6) is -0.804. The van der Waals surface area contributed by atoms with Crippen LogP contribution in [0.2, 0.25) is 0 Å². The number of benzene rings is 4. The van der Waals surface area contributed by atoms with Crippen LogP contribution in [0.1, 0.15) is 107 Å². The van der Waals surface area contributed by atoms with Crippen LogP contribution < -0.4 is 0 Å². The van der Waals surface area contributed by atoms with E-state index in [1.165, 1.54) is 0 Å². The largest absolute Gasteiger partial charge is 0.462 e. The first-order valence-electron chi connectivity index (χ1n) is 18.4. The van der Waals surface area contributed by atoms with Crippen molar-refractivity contribution in [3.63, 3.8) is 0 Å². The van der Waals surface area contributed by atoms with E-state index in [0.29, 0.717) is 57.7 Å². The second-order valence-electron chi connectivity index (χ2n) is 13.3. The lowest BCUT2D eigenvalue weighted by molar-refractivity contribution is 0.0489. The zero-order valence-corrected chi connectivity index (χ0v) is 30.0. The molecule has 8 heteroatoms. The number of rotatable bonds is 15. The molecule has 2 aliphatic carbocycles. The molecule has 4 aromatic carbocycles. The first-order chi connectivity index (χ1) is 26.5. The number of nitrogens with zero attached hydrogens (tertiary/aromatic N) is 4. The van der Waals surface area contributed by atoms with Crippen LogP contribution in [0, 0.1) is 45.3 Å². The summed E-state index contributed by atoms with van der Waals surface area (Å²) in [6, 6.07) is 33.7. The lowest BCUT2D eigenvalue weighted by Crippen LogP contribution is -2.08. The average molecular weight is 711 g/mol. The molecule has 2 aliphatic rings. The predicted molar refractivity (Wildman–Crippen MR) is 205 cm³/mol. The van der Waals surface area contributed by atoms with E-state index in [1.807, 2.05) is 84.9 Å². The Morgan fingerprint density at radius 3 is 1.07 bits per heavy atom. The van der Waals surface area contributed by atoms with E-state index in [0.717, 1.165) is 86.5 Å². The standard InChI is InChI=1S/C46H38N4O4/c47-27-31(28-48)41-33-17-9-11-19-35(33)43-37(41)21-15-23-39(43)45(51)53-25-13-7-5-3-1-2-4-6-8-14-26-54-46(52)40-24-16-22-38-42(32(29-49)30-50)34-18-10-12-20-36(34)44(38)40/h9-12,15-24H,1-8,13-14,25-26H2. The minimum atomic E-state index is -0.402. The molecule has 6 rings (SSSR count). The maximum atomic E-state index is 13.1. The predicted octanol–water partition coefficient (Wildman–Crippen LogP) is 10.3. The van der Waals surface area contributed by atoms with Gasteiger partial charge < -0.3 is 9.47 Å². The van der Waals surface area contributed by atoms with Crippen LogP contribution in [0.5, 0.6) is 0 Å². The van der Waals surface area contributed by atoms with E-state index in [4.69, 9.17) is 9.47 Å². The molecule has 0 unspecified atom stereocenters. The van der Waals surface area contributed by atoms with Crippen molar-refractivity contribution >= 4 is 23.1 Å². The van der Waals surface area contributed by atoms with Gasteiger partial charge in [0.25, 0.3) is 0 Å². The fraction of sp³-hybridized carbons (Fsp3) is 0.261. The van der Waals surface area contributed by atoms with Gasteiger partial charge in [-0.25, -0.2) is 9.59 Å². The molecule has 0 saturated heterocycles. The second kappa shape index (κ2) is 17.7. The molecule has 0 heterocycles. The summed E-state index contributed by atoms with van der Waals surface area (Å²) in [5.41, 5.74) is 8.04. The summed E-state index contributed by atoms with van der Waals surface area (Å²) < 4.78 is 11.3. The number of nitriles is 4. The third-order valence-electron chi connectivity index (χ3n) is 9.99. The van der Waals surface area contributed by atoms with Crippen LogP contribution >= 0.6 is 0 Å². The van der Waals surface area contributed by atoms with Gasteiger partial charge in [-0.15, -0.1) is 0 Å². The van der Waals surface area contributed by atoms with Gasteiger partial charge in [0.2, 0.25) is 0 Å². The van der Waals surface area contributed by atoms with Crippen molar-refractivity contribution in [1.29, 1.82) is 21.0 Å². The zero-order valence-electron chi connectivity index (χ0n) is 30.0. The molecule has 0 amide bonds. The Kier molecular flexibility index (Phi) is 12.1. The fourth-order valence-corrected chi connectivity index (χ4v) is 7.49. The zero-order chi connectivity index (χ0) is 37.9. The van der Waals surface area contributed by atoms with Crippen LogP contribution in [-0.4, -0.2) is 25.2 Å². The van der Waals surface area contributed by atoms with Crippen LogP contribution in [0.4, 0.5) is 0 Å². The van der Waals surface area contributed by atoms with Gasteiger partial charge in [-0.2, -0.15) is 21.0 Å². The van der Waals surface area contributed by atoms with Crippen molar-refractivity contribution in [2.24, 2.45) is 0 Å². The Hall–Kier alpha value is -6.74.